The van der Waals surface area contributed by atoms with E-state index >= 15 is 0 Å². The van der Waals surface area contributed by atoms with Gasteiger partial charge < -0.3 is 9.64 Å². The lowest BCUT2D eigenvalue weighted by Gasteiger charge is -2.41. The van der Waals surface area contributed by atoms with Gasteiger partial charge in [-0.3, -0.25) is 4.79 Å². The third kappa shape index (κ3) is 2.14. The second-order valence-corrected chi connectivity index (χ2v) is 6.14. The smallest absolute Gasteiger partial charge is 0.223 e. The van der Waals surface area contributed by atoms with Crippen molar-refractivity contribution in [1.82, 2.24) is 4.90 Å². The van der Waals surface area contributed by atoms with Gasteiger partial charge in [0.05, 0.1) is 17.7 Å². The Kier molecular flexibility index (Phi) is 2.93. The van der Waals surface area contributed by atoms with Crippen molar-refractivity contribution < 1.29 is 9.53 Å². The summed E-state index contributed by atoms with van der Waals surface area (Å²) in [6.45, 7) is 4.89. The molecule has 1 amide bonds. The summed E-state index contributed by atoms with van der Waals surface area (Å²) in [6.07, 6.45) is 2.32. The predicted octanol–water partition coefficient (Wildman–Crippen LogP) is 2.78. The Bertz CT molecular complexity index is 601. The molecule has 0 N–H and O–H groups in total. The second kappa shape index (κ2) is 4.52. The Morgan fingerprint density at radius 1 is 1.45 bits per heavy atom. The van der Waals surface area contributed by atoms with Crippen molar-refractivity contribution in [3.63, 3.8) is 0 Å². The summed E-state index contributed by atoms with van der Waals surface area (Å²) in [5, 5.41) is 9.07. The van der Waals surface area contributed by atoms with Crippen LogP contribution in [0.25, 0.3) is 0 Å². The van der Waals surface area contributed by atoms with Crippen LogP contribution in [0.5, 0.6) is 5.75 Å². The predicted molar refractivity (Wildman–Crippen MR) is 74.2 cm³/mol. The number of amides is 1. The molecule has 0 aromatic heterocycles. The number of fused-ring (bicyclic) bond motifs is 1. The highest BCUT2D eigenvalue weighted by molar-refractivity contribution is 5.78. The number of carbonyl (C=O) groups excluding carboxylic acids is 1. The molecule has 2 aliphatic heterocycles. The first-order valence-corrected chi connectivity index (χ1v) is 7.03. The molecular formula is C16H18N2O2. The van der Waals surface area contributed by atoms with Crippen molar-refractivity contribution in [2.75, 3.05) is 6.54 Å². The number of likely N-dealkylation sites (tertiary alicyclic amines) is 1. The Morgan fingerprint density at radius 3 is 2.90 bits per heavy atom. The van der Waals surface area contributed by atoms with E-state index in [2.05, 4.69) is 6.07 Å². The van der Waals surface area contributed by atoms with Crippen molar-refractivity contribution in [3.05, 3.63) is 29.3 Å². The van der Waals surface area contributed by atoms with Crippen molar-refractivity contribution in [2.45, 2.75) is 44.8 Å². The first-order chi connectivity index (χ1) is 9.50. The van der Waals surface area contributed by atoms with Gasteiger partial charge in [-0.2, -0.15) is 5.26 Å². The summed E-state index contributed by atoms with van der Waals surface area (Å²) in [6, 6.07) is 7.66. The summed E-state index contributed by atoms with van der Waals surface area (Å²) in [4.78, 5) is 14.0. The van der Waals surface area contributed by atoms with E-state index in [1.54, 1.807) is 6.07 Å². The maximum Gasteiger partial charge on any atom is 0.223 e. The van der Waals surface area contributed by atoms with Gasteiger partial charge in [0, 0.05) is 24.9 Å². The lowest BCUT2D eigenvalue weighted by Crippen LogP contribution is -2.42. The van der Waals surface area contributed by atoms with Gasteiger partial charge in [-0.1, -0.05) is 0 Å². The molecule has 0 aliphatic carbocycles. The quantitative estimate of drug-likeness (QED) is 0.788. The van der Waals surface area contributed by atoms with E-state index in [4.69, 9.17) is 10.00 Å². The number of hydrogen-bond donors (Lipinski definition) is 0. The average Bonchev–Trinajstić information content (AvgIpc) is 2.82. The number of nitriles is 1. The second-order valence-electron chi connectivity index (χ2n) is 6.14. The third-order valence-electron chi connectivity index (χ3n) is 4.06. The molecule has 0 radical (unpaired) electrons. The van der Waals surface area contributed by atoms with E-state index in [1.165, 1.54) is 0 Å². The van der Waals surface area contributed by atoms with Crippen molar-refractivity contribution in [2.24, 2.45) is 0 Å². The van der Waals surface area contributed by atoms with Gasteiger partial charge in [-0.05, 0) is 38.5 Å². The zero-order valence-electron chi connectivity index (χ0n) is 11.8. The lowest BCUT2D eigenvalue weighted by molar-refractivity contribution is -0.131. The van der Waals surface area contributed by atoms with Gasteiger partial charge >= 0.3 is 0 Å². The summed E-state index contributed by atoms with van der Waals surface area (Å²) in [5.41, 5.74) is 1.29. The van der Waals surface area contributed by atoms with Crippen LogP contribution in [0.3, 0.4) is 0 Å². The average molecular weight is 270 g/mol. The molecule has 20 heavy (non-hydrogen) atoms. The first-order valence-electron chi connectivity index (χ1n) is 7.03. The van der Waals surface area contributed by atoms with Crippen LogP contribution >= 0.6 is 0 Å². The molecule has 2 heterocycles. The highest BCUT2D eigenvalue weighted by atomic mass is 16.5. The van der Waals surface area contributed by atoms with E-state index in [0.717, 1.165) is 30.7 Å². The summed E-state index contributed by atoms with van der Waals surface area (Å²) >= 11 is 0. The highest BCUT2D eigenvalue weighted by Gasteiger charge is 2.39. The van der Waals surface area contributed by atoms with Crippen LogP contribution in [0, 0.1) is 11.3 Å². The van der Waals surface area contributed by atoms with Crippen LogP contribution in [0.1, 0.15) is 50.3 Å². The van der Waals surface area contributed by atoms with E-state index in [1.807, 2.05) is 30.9 Å². The normalized spacial score (nSPS) is 23.9. The van der Waals surface area contributed by atoms with Gasteiger partial charge in [0.2, 0.25) is 5.91 Å². The molecule has 0 bridgehead atoms. The maximum absolute atomic E-state index is 12.1. The van der Waals surface area contributed by atoms with E-state index in [9.17, 15) is 4.79 Å². The number of benzene rings is 1. The first kappa shape index (κ1) is 13.0. The van der Waals surface area contributed by atoms with Crippen LogP contribution in [-0.4, -0.2) is 23.0 Å². The minimum atomic E-state index is -0.297. The molecule has 1 fully saturated rings. The fourth-order valence-electron chi connectivity index (χ4n) is 3.16. The molecule has 1 saturated heterocycles. The number of ether oxygens (including phenoxy) is 1. The molecule has 0 unspecified atom stereocenters. The summed E-state index contributed by atoms with van der Waals surface area (Å²) in [5.74, 6) is 1.01. The Balaban J connectivity index is 2.06. The van der Waals surface area contributed by atoms with Crippen molar-refractivity contribution in [1.29, 1.82) is 5.26 Å². The number of carbonyl (C=O) groups is 1. The van der Waals surface area contributed by atoms with Gasteiger partial charge in [-0.25, -0.2) is 0 Å². The summed E-state index contributed by atoms with van der Waals surface area (Å²) in [7, 11) is 0. The zero-order valence-corrected chi connectivity index (χ0v) is 11.8. The minimum absolute atomic E-state index is 0.0250. The summed E-state index contributed by atoms with van der Waals surface area (Å²) < 4.78 is 6.00. The molecule has 1 aromatic carbocycles. The molecule has 2 aliphatic rings. The van der Waals surface area contributed by atoms with Crippen LogP contribution < -0.4 is 4.74 Å². The number of rotatable bonds is 1. The molecule has 4 heteroatoms. The lowest BCUT2D eigenvalue weighted by atomic mass is 9.88. The zero-order chi connectivity index (χ0) is 14.3. The van der Waals surface area contributed by atoms with Crippen molar-refractivity contribution >= 4 is 5.91 Å². The highest BCUT2D eigenvalue weighted by Crippen LogP contribution is 2.44. The largest absolute Gasteiger partial charge is 0.487 e. The molecule has 1 aromatic rings. The Labute approximate surface area is 118 Å². The van der Waals surface area contributed by atoms with E-state index < -0.39 is 0 Å². The standard InChI is InChI=1S/C16H18N2O2/c1-16(2)9-13(18-7-3-4-15(18)19)12-8-11(10-17)5-6-14(12)20-16/h5-6,8,13H,3-4,7,9H2,1-2H3/t13-/m0/s1. The molecule has 0 saturated carbocycles. The number of nitrogens with zero attached hydrogens (tertiary/aromatic N) is 2. The van der Waals surface area contributed by atoms with Crippen LogP contribution in [0.4, 0.5) is 0 Å². The minimum Gasteiger partial charge on any atom is -0.487 e. The molecule has 3 rings (SSSR count). The number of hydrogen-bond acceptors (Lipinski definition) is 3. The molecular weight excluding hydrogens is 252 g/mol. The maximum atomic E-state index is 12.1. The van der Waals surface area contributed by atoms with Crippen LogP contribution in [0.2, 0.25) is 0 Å². The van der Waals surface area contributed by atoms with Crippen molar-refractivity contribution in [3.8, 4) is 11.8 Å². The van der Waals surface area contributed by atoms with E-state index in [-0.39, 0.29) is 17.6 Å². The molecule has 4 nitrogen and oxygen atoms in total. The van der Waals surface area contributed by atoms with Gasteiger partial charge in [0.1, 0.15) is 11.4 Å². The Hall–Kier alpha value is -2.02. The van der Waals surface area contributed by atoms with Crippen LogP contribution in [-0.2, 0) is 4.79 Å². The fourth-order valence-corrected chi connectivity index (χ4v) is 3.16. The molecule has 1 atom stereocenters. The Morgan fingerprint density at radius 2 is 2.25 bits per heavy atom. The monoisotopic (exact) mass is 270 g/mol. The van der Waals surface area contributed by atoms with Crippen LogP contribution in [0.15, 0.2) is 18.2 Å². The SMILES string of the molecule is CC1(C)C[C@H](N2CCCC2=O)c2cc(C#N)ccc2O1. The van der Waals surface area contributed by atoms with Gasteiger partial charge in [0.15, 0.2) is 0 Å². The molecule has 104 valence electrons. The van der Waals surface area contributed by atoms with Gasteiger partial charge in [-0.15, -0.1) is 0 Å². The topological polar surface area (TPSA) is 53.3 Å². The van der Waals surface area contributed by atoms with E-state index in [0.29, 0.717) is 12.0 Å². The fraction of sp³-hybridized carbons (Fsp3) is 0.500. The third-order valence-corrected chi connectivity index (χ3v) is 4.06. The van der Waals surface area contributed by atoms with Gasteiger partial charge in [0.25, 0.3) is 0 Å². The molecule has 0 spiro atoms.